The maximum absolute atomic E-state index is 11.8. The number of hydrogen-bond acceptors (Lipinski definition) is 4. The van der Waals surface area contributed by atoms with Crippen LogP contribution in [0.3, 0.4) is 0 Å². The van der Waals surface area contributed by atoms with Crippen LogP contribution in [-0.4, -0.2) is 5.11 Å². The molecular formula is C10H8ClNO3. The minimum Gasteiger partial charge on any atom is -0.440 e. The molecule has 78 valence electrons. The fraction of sp³-hybridized carbons (Fsp3) is 0.100. The summed E-state index contributed by atoms with van der Waals surface area (Å²) >= 11 is 5.75. The summed E-state index contributed by atoms with van der Waals surface area (Å²) in [4.78, 5) is 11.8. The van der Waals surface area contributed by atoms with E-state index in [4.69, 9.17) is 26.9 Å². The maximum atomic E-state index is 11.8. The van der Waals surface area contributed by atoms with Gasteiger partial charge in [0.15, 0.2) is 11.3 Å². The van der Waals surface area contributed by atoms with Gasteiger partial charge in [0.05, 0.1) is 17.6 Å². The number of aliphatic hydroxyl groups is 1. The summed E-state index contributed by atoms with van der Waals surface area (Å²) in [5.74, 6) is -0.0580. The second-order valence-corrected chi connectivity index (χ2v) is 3.51. The Kier molecular flexibility index (Phi) is 2.38. The van der Waals surface area contributed by atoms with Crippen LogP contribution in [-0.2, 0) is 6.61 Å². The van der Waals surface area contributed by atoms with Crippen LogP contribution in [0.15, 0.2) is 27.4 Å². The van der Waals surface area contributed by atoms with Gasteiger partial charge in [-0.1, -0.05) is 11.6 Å². The fourth-order valence-electron chi connectivity index (χ4n) is 1.37. The minimum atomic E-state index is -0.448. The Bertz CT molecular complexity index is 577. The van der Waals surface area contributed by atoms with Gasteiger partial charge in [0.1, 0.15) is 5.58 Å². The number of aliphatic hydroxyl groups excluding tert-OH is 1. The SMILES string of the molecule is Nc1oc2ccc(Cl)cc2c(=O)c1CO. The van der Waals surface area contributed by atoms with E-state index in [0.29, 0.717) is 16.0 Å². The Morgan fingerprint density at radius 1 is 1.47 bits per heavy atom. The van der Waals surface area contributed by atoms with Crippen LogP contribution >= 0.6 is 11.6 Å². The van der Waals surface area contributed by atoms with Gasteiger partial charge in [-0.15, -0.1) is 0 Å². The number of rotatable bonds is 1. The van der Waals surface area contributed by atoms with Gasteiger partial charge in [-0.2, -0.15) is 0 Å². The molecule has 1 aromatic heterocycles. The summed E-state index contributed by atoms with van der Waals surface area (Å²) in [5.41, 5.74) is 5.55. The summed E-state index contributed by atoms with van der Waals surface area (Å²) in [6.07, 6.45) is 0. The summed E-state index contributed by atoms with van der Waals surface area (Å²) in [6.45, 7) is -0.448. The van der Waals surface area contributed by atoms with Crippen molar-refractivity contribution < 1.29 is 9.52 Å². The normalized spacial score (nSPS) is 10.8. The number of benzene rings is 1. The molecule has 3 N–H and O–H groups in total. The molecule has 0 aliphatic carbocycles. The average molecular weight is 226 g/mol. The van der Waals surface area contributed by atoms with Gasteiger partial charge in [0.2, 0.25) is 0 Å². The molecule has 0 amide bonds. The molecule has 2 rings (SSSR count). The lowest BCUT2D eigenvalue weighted by atomic mass is 10.1. The Morgan fingerprint density at radius 3 is 2.87 bits per heavy atom. The lowest BCUT2D eigenvalue weighted by molar-refractivity contribution is 0.279. The molecule has 0 unspecified atom stereocenters. The van der Waals surface area contributed by atoms with E-state index in [-0.39, 0.29) is 16.9 Å². The van der Waals surface area contributed by atoms with E-state index < -0.39 is 6.61 Å². The number of hydrogen-bond donors (Lipinski definition) is 2. The third kappa shape index (κ3) is 1.58. The average Bonchev–Trinajstić information content (AvgIpc) is 2.20. The Labute approximate surface area is 89.9 Å². The van der Waals surface area contributed by atoms with E-state index in [2.05, 4.69) is 0 Å². The Hall–Kier alpha value is -1.52. The number of nitrogen functional groups attached to an aromatic ring is 1. The van der Waals surface area contributed by atoms with Gasteiger partial charge in [-0.3, -0.25) is 4.79 Å². The van der Waals surface area contributed by atoms with Crippen LogP contribution in [0.25, 0.3) is 11.0 Å². The Morgan fingerprint density at radius 2 is 2.20 bits per heavy atom. The molecule has 0 atom stereocenters. The first-order chi connectivity index (χ1) is 7.13. The van der Waals surface area contributed by atoms with Crippen molar-refractivity contribution >= 4 is 28.5 Å². The first-order valence-corrected chi connectivity index (χ1v) is 4.63. The predicted molar refractivity (Wildman–Crippen MR) is 57.8 cm³/mol. The van der Waals surface area contributed by atoms with Crippen LogP contribution in [0.4, 0.5) is 5.88 Å². The number of fused-ring (bicyclic) bond motifs is 1. The highest BCUT2D eigenvalue weighted by atomic mass is 35.5. The summed E-state index contributed by atoms with van der Waals surface area (Å²) in [5, 5.41) is 9.71. The highest BCUT2D eigenvalue weighted by molar-refractivity contribution is 6.31. The first-order valence-electron chi connectivity index (χ1n) is 4.25. The lowest BCUT2D eigenvalue weighted by Crippen LogP contribution is -2.12. The van der Waals surface area contributed by atoms with Crippen LogP contribution in [0.2, 0.25) is 5.02 Å². The number of halogens is 1. The third-order valence-corrected chi connectivity index (χ3v) is 2.37. The van der Waals surface area contributed by atoms with Crippen molar-refractivity contribution in [1.82, 2.24) is 0 Å². The van der Waals surface area contributed by atoms with Gasteiger partial charge >= 0.3 is 0 Å². The van der Waals surface area contributed by atoms with E-state index in [1.807, 2.05) is 0 Å². The number of anilines is 1. The maximum Gasteiger partial charge on any atom is 0.200 e. The van der Waals surface area contributed by atoms with Crippen molar-refractivity contribution in [2.24, 2.45) is 0 Å². The van der Waals surface area contributed by atoms with E-state index in [9.17, 15) is 4.79 Å². The summed E-state index contributed by atoms with van der Waals surface area (Å²) in [6, 6.07) is 4.66. The molecule has 0 aliphatic heterocycles. The molecule has 15 heavy (non-hydrogen) atoms. The van der Waals surface area contributed by atoms with Crippen molar-refractivity contribution in [3.8, 4) is 0 Å². The molecule has 5 heteroatoms. The molecule has 0 bridgehead atoms. The largest absolute Gasteiger partial charge is 0.440 e. The highest BCUT2D eigenvalue weighted by Gasteiger charge is 2.11. The molecule has 0 saturated carbocycles. The van der Waals surface area contributed by atoms with Crippen molar-refractivity contribution in [3.63, 3.8) is 0 Å². The van der Waals surface area contributed by atoms with Gasteiger partial charge in [0, 0.05) is 5.02 Å². The topological polar surface area (TPSA) is 76.5 Å². The molecule has 0 saturated heterocycles. The van der Waals surface area contributed by atoms with E-state index >= 15 is 0 Å². The molecule has 1 aromatic carbocycles. The van der Waals surface area contributed by atoms with Crippen molar-refractivity contribution in [3.05, 3.63) is 39.0 Å². The zero-order valence-corrected chi connectivity index (χ0v) is 8.41. The van der Waals surface area contributed by atoms with Crippen LogP contribution in [0.1, 0.15) is 5.56 Å². The quantitative estimate of drug-likeness (QED) is 0.772. The zero-order chi connectivity index (χ0) is 11.0. The molecule has 1 heterocycles. The monoisotopic (exact) mass is 225 g/mol. The Balaban J connectivity index is 2.92. The first kappa shape index (κ1) is 10.0. The summed E-state index contributed by atoms with van der Waals surface area (Å²) < 4.78 is 5.18. The molecule has 0 radical (unpaired) electrons. The van der Waals surface area contributed by atoms with Gasteiger partial charge < -0.3 is 15.3 Å². The molecule has 0 spiro atoms. The molecule has 4 nitrogen and oxygen atoms in total. The second-order valence-electron chi connectivity index (χ2n) is 3.07. The van der Waals surface area contributed by atoms with E-state index in [1.54, 1.807) is 12.1 Å². The van der Waals surface area contributed by atoms with Crippen molar-refractivity contribution in [2.75, 3.05) is 5.73 Å². The molecule has 0 fully saturated rings. The van der Waals surface area contributed by atoms with Gasteiger partial charge in [0.25, 0.3) is 0 Å². The smallest absolute Gasteiger partial charge is 0.200 e. The lowest BCUT2D eigenvalue weighted by Gasteiger charge is -2.03. The molecular weight excluding hydrogens is 218 g/mol. The second kappa shape index (κ2) is 3.56. The fourth-order valence-corrected chi connectivity index (χ4v) is 1.54. The van der Waals surface area contributed by atoms with Gasteiger partial charge in [-0.25, -0.2) is 0 Å². The minimum absolute atomic E-state index is 0.0580. The number of nitrogens with two attached hydrogens (primary N) is 1. The standard InChI is InChI=1S/C10H8ClNO3/c11-5-1-2-8-6(3-5)9(14)7(4-13)10(12)15-8/h1-3,13H,4,12H2. The molecule has 2 aromatic rings. The van der Waals surface area contributed by atoms with E-state index in [0.717, 1.165) is 0 Å². The molecule has 0 aliphatic rings. The van der Waals surface area contributed by atoms with E-state index in [1.165, 1.54) is 6.07 Å². The van der Waals surface area contributed by atoms with Crippen LogP contribution < -0.4 is 11.2 Å². The van der Waals surface area contributed by atoms with Crippen LogP contribution in [0, 0.1) is 0 Å². The zero-order valence-electron chi connectivity index (χ0n) is 7.66. The van der Waals surface area contributed by atoms with Crippen molar-refractivity contribution in [1.29, 1.82) is 0 Å². The highest BCUT2D eigenvalue weighted by Crippen LogP contribution is 2.20. The van der Waals surface area contributed by atoms with Crippen LogP contribution in [0.5, 0.6) is 0 Å². The van der Waals surface area contributed by atoms with Gasteiger partial charge in [-0.05, 0) is 18.2 Å². The predicted octanol–water partition coefficient (Wildman–Crippen LogP) is 1.52. The third-order valence-electron chi connectivity index (χ3n) is 2.14. The van der Waals surface area contributed by atoms with Crippen molar-refractivity contribution in [2.45, 2.75) is 6.61 Å². The summed E-state index contributed by atoms with van der Waals surface area (Å²) in [7, 11) is 0.